The minimum atomic E-state index is -0.446. The van der Waals surface area contributed by atoms with Gasteiger partial charge in [0.05, 0.1) is 11.0 Å². The number of aromatic nitrogens is 2. The molecule has 2 aromatic rings. The maximum Gasteiger partial charge on any atom is 0.293 e. The lowest BCUT2D eigenvalue weighted by atomic mass is 10.1. The largest absolute Gasteiger partial charge is 0.363 e. The summed E-state index contributed by atoms with van der Waals surface area (Å²) in [5.41, 5.74) is 0.727. The van der Waals surface area contributed by atoms with Crippen molar-refractivity contribution in [2.75, 3.05) is 38.1 Å². The van der Waals surface area contributed by atoms with Crippen LogP contribution in [0.15, 0.2) is 22.7 Å². The lowest BCUT2D eigenvalue weighted by Gasteiger charge is -2.37. The standard InChI is InChI=1S/C17H22N6O4/c1-11(17-19-12(2)20-27-17)21-6-8-22(9-7-21)14-5-4-13(16(24)18-3)10-15(14)23(25)26/h4-5,10-11H,6-9H2,1-3H3,(H,18,24). The average Bonchev–Trinajstić information content (AvgIpc) is 3.12. The summed E-state index contributed by atoms with van der Waals surface area (Å²) in [7, 11) is 1.49. The van der Waals surface area contributed by atoms with Gasteiger partial charge in [-0.1, -0.05) is 5.16 Å². The zero-order valence-corrected chi connectivity index (χ0v) is 15.5. The molecule has 0 aliphatic carbocycles. The molecule has 1 fully saturated rings. The number of nitrogens with one attached hydrogen (secondary N) is 1. The van der Waals surface area contributed by atoms with Crippen molar-refractivity contribution >= 4 is 17.3 Å². The highest BCUT2D eigenvalue weighted by atomic mass is 16.6. The molecule has 10 nitrogen and oxygen atoms in total. The monoisotopic (exact) mass is 374 g/mol. The Balaban J connectivity index is 1.73. The smallest absolute Gasteiger partial charge is 0.293 e. The first kappa shape index (κ1) is 18.8. The number of aryl methyl sites for hydroxylation is 1. The molecule has 0 bridgehead atoms. The van der Waals surface area contributed by atoms with Crippen molar-refractivity contribution in [3.05, 3.63) is 45.6 Å². The number of nitro benzene ring substituents is 1. The van der Waals surface area contributed by atoms with Crippen LogP contribution in [0.2, 0.25) is 0 Å². The van der Waals surface area contributed by atoms with Gasteiger partial charge in [-0.2, -0.15) is 4.98 Å². The van der Waals surface area contributed by atoms with E-state index >= 15 is 0 Å². The Kier molecular flexibility index (Phi) is 5.36. The van der Waals surface area contributed by atoms with E-state index in [9.17, 15) is 14.9 Å². The van der Waals surface area contributed by atoms with Crippen LogP contribution in [0.25, 0.3) is 0 Å². The van der Waals surface area contributed by atoms with Crippen molar-refractivity contribution in [1.82, 2.24) is 20.4 Å². The summed E-state index contributed by atoms with van der Waals surface area (Å²) in [6.45, 7) is 6.44. The van der Waals surface area contributed by atoms with Gasteiger partial charge in [-0.3, -0.25) is 19.8 Å². The van der Waals surface area contributed by atoms with Crippen LogP contribution in [0.1, 0.15) is 35.0 Å². The number of rotatable bonds is 5. The van der Waals surface area contributed by atoms with Gasteiger partial charge >= 0.3 is 0 Å². The van der Waals surface area contributed by atoms with Gasteiger partial charge in [0.2, 0.25) is 5.89 Å². The lowest BCUT2D eigenvalue weighted by molar-refractivity contribution is -0.384. The number of nitro groups is 1. The number of hydrogen-bond acceptors (Lipinski definition) is 8. The number of carbonyl (C=O) groups excluding carboxylic acids is 1. The first-order valence-electron chi connectivity index (χ1n) is 8.70. The molecule has 10 heteroatoms. The molecule has 1 atom stereocenters. The third kappa shape index (κ3) is 3.90. The molecule has 1 aromatic carbocycles. The SMILES string of the molecule is CNC(=O)c1ccc(N2CCN(C(C)c3nc(C)no3)CC2)c([N+](=O)[O-])c1. The molecule has 1 aliphatic rings. The van der Waals surface area contributed by atoms with Crippen LogP contribution in [-0.2, 0) is 0 Å². The fourth-order valence-corrected chi connectivity index (χ4v) is 3.21. The van der Waals surface area contributed by atoms with Crippen LogP contribution in [0.4, 0.5) is 11.4 Å². The Bertz CT molecular complexity index is 844. The highest BCUT2D eigenvalue weighted by Gasteiger charge is 2.28. The van der Waals surface area contributed by atoms with Crippen LogP contribution in [0.5, 0.6) is 0 Å². The number of amides is 1. The van der Waals surface area contributed by atoms with Gasteiger partial charge in [0.25, 0.3) is 11.6 Å². The Labute approximate surface area is 156 Å². The van der Waals surface area contributed by atoms with E-state index in [-0.39, 0.29) is 23.2 Å². The summed E-state index contributed by atoms with van der Waals surface area (Å²) in [4.78, 5) is 31.2. The van der Waals surface area contributed by atoms with Crippen molar-refractivity contribution in [2.24, 2.45) is 0 Å². The number of hydrogen-bond donors (Lipinski definition) is 1. The molecule has 144 valence electrons. The maximum absolute atomic E-state index is 11.8. The van der Waals surface area contributed by atoms with Gasteiger partial charge in [0.15, 0.2) is 5.82 Å². The van der Waals surface area contributed by atoms with Crippen molar-refractivity contribution in [1.29, 1.82) is 0 Å². The molecule has 27 heavy (non-hydrogen) atoms. The van der Waals surface area contributed by atoms with Crippen LogP contribution in [-0.4, -0.2) is 59.1 Å². The first-order valence-corrected chi connectivity index (χ1v) is 8.70. The second-order valence-electron chi connectivity index (χ2n) is 6.42. The van der Waals surface area contributed by atoms with E-state index in [0.29, 0.717) is 43.6 Å². The lowest BCUT2D eigenvalue weighted by Crippen LogP contribution is -2.47. The quantitative estimate of drug-likeness (QED) is 0.618. The van der Waals surface area contributed by atoms with Crippen LogP contribution >= 0.6 is 0 Å². The number of piperazine rings is 1. The summed E-state index contributed by atoms with van der Waals surface area (Å²) < 4.78 is 5.24. The Hall–Kier alpha value is -3.01. The second kappa shape index (κ2) is 7.70. The average molecular weight is 374 g/mol. The molecule has 1 aromatic heterocycles. The topological polar surface area (TPSA) is 118 Å². The molecule has 1 amide bonds. The zero-order valence-electron chi connectivity index (χ0n) is 15.5. The molecule has 0 radical (unpaired) electrons. The molecule has 2 heterocycles. The van der Waals surface area contributed by atoms with Gasteiger partial charge in [-0.05, 0) is 26.0 Å². The number of anilines is 1. The fourth-order valence-electron chi connectivity index (χ4n) is 3.21. The van der Waals surface area contributed by atoms with E-state index in [4.69, 9.17) is 4.52 Å². The molecular weight excluding hydrogens is 352 g/mol. The third-order valence-corrected chi connectivity index (χ3v) is 4.76. The highest BCUT2D eigenvalue weighted by Crippen LogP contribution is 2.31. The summed E-state index contributed by atoms with van der Waals surface area (Å²) in [6.07, 6.45) is 0. The van der Waals surface area contributed by atoms with Crippen molar-refractivity contribution < 1.29 is 14.2 Å². The summed E-state index contributed by atoms with van der Waals surface area (Å²) in [5, 5.41) is 17.8. The molecule has 1 aliphatic heterocycles. The number of carbonyl (C=O) groups is 1. The normalized spacial score (nSPS) is 16.2. The van der Waals surface area contributed by atoms with Gasteiger partial charge in [-0.15, -0.1) is 0 Å². The number of nitrogens with zero attached hydrogens (tertiary/aromatic N) is 5. The van der Waals surface area contributed by atoms with E-state index in [1.165, 1.54) is 13.1 Å². The zero-order chi connectivity index (χ0) is 19.6. The molecule has 3 rings (SSSR count). The van der Waals surface area contributed by atoms with E-state index in [1.807, 2.05) is 11.8 Å². The molecule has 0 saturated carbocycles. The molecule has 0 spiro atoms. The fraction of sp³-hybridized carbons (Fsp3) is 0.471. The van der Waals surface area contributed by atoms with E-state index < -0.39 is 4.92 Å². The summed E-state index contributed by atoms with van der Waals surface area (Å²) >= 11 is 0. The second-order valence-corrected chi connectivity index (χ2v) is 6.42. The van der Waals surface area contributed by atoms with E-state index in [0.717, 1.165) is 0 Å². The molecular formula is C17H22N6O4. The predicted molar refractivity (Wildman–Crippen MR) is 97.7 cm³/mol. The van der Waals surface area contributed by atoms with Crippen molar-refractivity contribution in [3.8, 4) is 0 Å². The summed E-state index contributed by atoms with van der Waals surface area (Å²) in [6, 6.07) is 4.56. The maximum atomic E-state index is 11.8. The van der Waals surface area contributed by atoms with Gasteiger partial charge in [0.1, 0.15) is 5.69 Å². The van der Waals surface area contributed by atoms with Crippen molar-refractivity contribution in [3.63, 3.8) is 0 Å². The molecule has 1 N–H and O–H groups in total. The van der Waals surface area contributed by atoms with Gasteiger partial charge < -0.3 is 14.7 Å². The van der Waals surface area contributed by atoms with E-state index in [2.05, 4.69) is 20.4 Å². The minimum absolute atomic E-state index is 0.0149. The van der Waals surface area contributed by atoms with Gasteiger partial charge in [0, 0.05) is 44.9 Å². The van der Waals surface area contributed by atoms with Crippen molar-refractivity contribution in [2.45, 2.75) is 19.9 Å². The van der Waals surface area contributed by atoms with Crippen LogP contribution in [0.3, 0.4) is 0 Å². The summed E-state index contributed by atoms with van der Waals surface area (Å²) in [5.74, 6) is 0.822. The molecule has 1 unspecified atom stereocenters. The first-order chi connectivity index (χ1) is 12.9. The van der Waals surface area contributed by atoms with Crippen LogP contribution < -0.4 is 10.2 Å². The van der Waals surface area contributed by atoms with Gasteiger partial charge in [-0.25, -0.2) is 0 Å². The number of benzene rings is 1. The van der Waals surface area contributed by atoms with E-state index in [1.54, 1.807) is 19.1 Å². The Morgan fingerprint density at radius 2 is 2.04 bits per heavy atom. The Morgan fingerprint density at radius 1 is 1.33 bits per heavy atom. The highest BCUT2D eigenvalue weighted by molar-refractivity contribution is 5.95. The minimum Gasteiger partial charge on any atom is -0.363 e. The Morgan fingerprint density at radius 3 is 2.59 bits per heavy atom. The third-order valence-electron chi connectivity index (χ3n) is 4.76. The van der Waals surface area contributed by atoms with Crippen LogP contribution in [0, 0.1) is 17.0 Å². The molecule has 1 saturated heterocycles. The predicted octanol–water partition coefficient (Wildman–Crippen LogP) is 1.53.